The summed E-state index contributed by atoms with van der Waals surface area (Å²) >= 11 is 0. The molecule has 1 aromatic carbocycles. The number of aromatic hydroxyl groups is 1. The van der Waals surface area contributed by atoms with Crippen LogP contribution in [0.25, 0.3) is 0 Å². The summed E-state index contributed by atoms with van der Waals surface area (Å²) in [7, 11) is 1.75. The van der Waals surface area contributed by atoms with Crippen molar-refractivity contribution in [2.75, 3.05) is 7.05 Å². The Labute approximate surface area is 230 Å². The second-order valence-electron chi connectivity index (χ2n) is 10.4. The van der Waals surface area contributed by atoms with Crippen molar-refractivity contribution in [1.29, 1.82) is 0 Å². The van der Waals surface area contributed by atoms with Crippen LogP contribution in [0.1, 0.15) is 51.2 Å². The number of carboxylic acid groups (broad SMARTS) is 1. The lowest BCUT2D eigenvalue weighted by Gasteiger charge is -2.56. The molecule has 1 amide bonds. The highest BCUT2D eigenvalue weighted by Crippen LogP contribution is 2.63. The normalized spacial score (nSPS) is 28.2. The van der Waals surface area contributed by atoms with Crippen molar-refractivity contribution in [2.45, 2.75) is 87.9 Å². The molecule has 6 N–H and O–H groups in total. The number of hydrogen-bond donors (Lipinski definition) is 6. The zero-order chi connectivity index (χ0) is 29.6. The van der Waals surface area contributed by atoms with Crippen LogP contribution in [0.4, 0.5) is 0 Å². The highest BCUT2D eigenvalue weighted by Gasteiger charge is 2.69. The molecule has 0 aromatic heterocycles. The molecule has 218 valence electrons. The second-order valence-corrected chi connectivity index (χ2v) is 10.4. The van der Waals surface area contributed by atoms with Gasteiger partial charge in [-0.2, -0.15) is 0 Å². The maximum atomic E-state index is 12.8. The maximum Gasteiger partial charge on any atom is 0.340 e. The number of nitrogens with one attached hydrogen (secondary N) is 2. The van der Waals surface area contributed by atoms with Crippen LogP contribution >= 0.6 is 0 Å². The number of carbonyl (C=O) groups excluding carboxylic acids is 3. The molecule has 13 nitrogen and oxygen atoms in total. The Bertz CT molecular complexity index is 1260. The molecule has 1 aromatic rings. The van der Waals surface area contributed by atoms with Gasteiger partial charge in [0.2, 0.25) is 0 Å². The molecule has 1 aliphatic heterocycles. The van der Waals surface area contributed by atoms with Crippen molar-refractivity contribution in [3.8, 4) is 11.5 Å². The van der Waals surface area contributed by atoms with Gasteiger partial charge in [0.1, 0.15) is 11.8 Å². The molecule has 0 radical (unpaired) electrons. The highest BCUT2D eigenvalue weighted by atomic mass is 16.6. The van der Waals surface area contributed by atoms with E-state index in [0.29, 0.717) is 18.4 Å². The molecule has 0 fully saturated rings. The summed E-state index contributed by atoms with van der Waals surface area (Å²) in [6.45, 7) is 4.32. The summed E-state index contributed by atoms with van der Waals surface area (Å²) in [6.07, 6.45) is -2.71. The number of ether oxygens (including phenoxy) is 3. The van der Waals surface area contributed by atoms with E-state index in [9.17, 15) is 34.5 Å². The van der Waals surface area contributed by atoms with Crippen LogP contribution in [0.15, 0.2) is 24.0 Å². The Morgan fingerprint density at radius 2 is 1.93 bits per heavy atom. The van der Waals surface area contributed by atoms with Crippen molar-refractivity contribution < 1.29 is 53.8 Å². The van der Waals surface area contributed by atoms with Crippen molar-refractivity contribution >= 4 is 23.8 Å². The van der Waals surface area contributed by atoms with E-state index in [4.69, 9.17) is 19.3 Å². The summed E-state index contributed by atoms with van der Waals surface area (Å²) in [5.74, 6) is -4.29. The first-order valence-electron chi connectivity index (χ1n) is 13.0. The standard InChI is InChI=1S/C27H34N2O11/c1-5-26-20-14-6-7-15(30)21(20)40-22(26)17(8-9-27(26,37)18(10-14)28-4)39-25(36)16(31)11-19(32)38-13(3)23(33)29-12(2)24(34)35/h6-8,12-13,16,18,22,28,30-31,37H,5,9-11H2,1-4H3,(H,29,33)(H,34,35)/t12-,13-,16-,18+,22-,26-,27+/m0/s1. The van der Waals surface area contributed by atoms with E-state index in [1.54, 1.807) is 13.1 Å². The summed E-state index contributed by atoms with van der Waals surface area (Å²) < 4.78 is 16.6. The summed E-state index contributed by atoms with van der Waals surface area (Å²) in [4.78, 5) is 48.0. The van der Waals surface area contributed by atoms with E-state index in [2.05, 4.69) is 10.6 Å². The largest absolute Gasteiger partial charge is 0.504 e. The monoisotopic (exact) mass is 562 g/mol. The van der Waals surface area contributed by atoms with Crippen LogP contribution in [0.5, 0.6) is 11.5 Å². The first-order valence-corrected chi connectivity index (χ1v) is 13.0. The van der Waals surface area contributed by atoms with Gasteiger partial charge in [-0.05, 0) is 51.4 Å². The van der Waals surface area contributed by atoms with Crippen molar-refractivity contribution in [3.63, 3.8) is 0 Å². The average molecular weight is 563 g/mol. The number of hydrogen-bond acceptors (Lipinski definition) is 11. The Hall–Kier alpha value is -3.68. The van der Waals surface area contributed by atoms with Gasteiger partial charge in [-0.1, -0.05) is 13.0 Å². The van der Waals surface area contributed by atoms with Crippen LogP contribution in [0.3, 0.4) is 0 Å². The lowest BCUT2D eigenvalue weighted by Crippen LogP contribution is -2.70. The van der Waals surface area contributed by atoms with Gasteiger partial charge in [0, 0.05) is 18.0 Å². The van der Waals surface area contributed by atoms with Gasteiger partial charge in [-0.3, -0.25) is 14.4 Å². The molecule has 40 heavy (non-hydrogen) atoms. The van der Waals surface area contributed by atoms with Crippen molar-refractivity contribution in [1.82, 2.24) is 10.6 Å². The number of aliphatic carboxylic acids is 1. The average Bonchev–Trinajstić information content (AvgIpc) is 3.28. The molecule has 2 aliphatic carbocycles. The lowest BCUT2D eigenvalue weighted by molar-refractivity contribution is -0.164. The fraction of sp³-hybridized carbons (Fsp3) is 0.556. The third-order valence-corrected chi connectivity index (χ3v) is 8.16. The van der Waals surface area contributed by atoms with Gasteiger partial charge >= 0.3 is 17.9 Å². The Morgan fingerprint density at radius 1 is 1.23 bits per heavy atom. The van der Waals surface area contributed by atoms with Crippen molar-refractivity contribution in [3.05, 3.63) is 35.1 Å². The van der Waals surface area contributed by atoms with E-state index >= 15 is 0 Å². The third kappa shape index (κ3) is 4.57. The van der Waals surface area contributed by atoms with E-state index in [1.807, 2.05) is 6.92 Å². The third-order valence-electron chi connectivity index (χ3n) is 8.16. The number of likely N-dealkylation sites (N-methyl/N-ethyl adjacent to an activating group) is 1. The molecule has 3 aliphatic rings. The Morgan fingerprint density at radius 3 is 2.55 bits per heavy atom. The van der Waals surface area contributed by atoms with Crippen molar-refractivity contribution in [2.24, 2.45) is 0 Å². The summed E-state index contributed by atoms with van der Waals surface area (Å²) in [6, 6.07) is 1.72. The molecule has 4 rings (SSSR count). The number of phenolic OH excluding ortho intramolecular Hbond substituents is 1. The maximum absolute atomic E-state index is 12.8. The molecule has 0 unspecified atom stereocenters. The molecular weight excluding hydrogens is 528 g/mol. The minimum absolute atomic E-state index is 0.0256. The minimum Gasteiger partial charge on any atom is -0.504 e. The predicted octanol–water partition coefficient (Wildman–Crippen LogP) is -0.221. The SMILES string of the molecule is CC[C@]12c3c4ccc(O)c3O[C@H]1C(OC(=O)[C@@H](O)CC(=O)O[C@@H](C)C(=O)N[C@@H](C)C(=O)O)=CC[C@@]2(O)[C@H](NC)C4. The van der Waals surface area contributed by atoms with E-state index in [0.717, 1.165) is 5.56 Å². The van der Waals surface area contributed by atoms with Gasteiger partial charge in [0.15, 0.2) is 29.8 Å². The summed E-state index contributed by atoms with van der Waals surface area (Å²) in [5, 5.41) is 47.2. The van der Waals surface area contributed by atoms with Gasteiger partial charge in [0.25, 0.3) is 5.91 Å². The van der Waals surface area contributed by atoms with Crippen LogP contribution < -0.4 is 15.4 Å². The first-order chi connectivity index (χ1) is 18.8. The fourth-order valence-electron chi connectivity index (χ4n) is 6.09. The zero-order valence-electron chi connectivity index (χ0n) is 22.6. The topological polar surface area (TPSA) is 201 Å². The molecule has 1 heterocycles. The van der Waals surface area contributed by atoms with E-state index in [1.165, 1.54) is 26.0 Å². The Kier molecular flexibility index (Phi) is 7.85. The number of rotatable bonds is 10. The van der Waals surface area contributed by atoms with Crippen LogP contribution in [0.2, 0.25) is 0 Å². The summed E-state index contributed by atoms with van der Waals surface area (Å²) in [5.41, 5.74) is -0.885. The van der Waals surface area contributed by atoms with Crippen LogP contribution in [-0.2, 0) is 40.5 Å². The molecule has 0 saturated carbocycles. The minimum atomic E-state index is -1.95. The van der Waals surface area contributed by atoms with Crippen LogP contribution in [-0.4, -0.2) is 87.3 Å². The zero-order valence-corrected chi connectivity index (χ0v) is 22.6. The quantitative estimate of drug-likeness (QED) is 0.205. The van der Waals surface area contributed by atoms with E-state index < -0.39 is 65.6 Å². The van der Waals surface area contributed by atoms with Gasteiger partial charge in [-0.15, -0.1) is 0 Å². The van der Waals surface area contributed by atoms with Gasteiger partial charge in [0.05, 0.1) is 17.4 Å². The number of carbonyl (C=O) groups is 4. The lowest BCUT2D eigenvalue weighted by atomic mass is 9.52. The number of phenols is 1. The number of carboxylic acids is 1. The fourth-order valence-corrected chi connectivity index (χ4v) is 6.09. The molecule has 0 spiro atoms. The highest BCUT2D eigenvalue weighted by molar-refractivity contribution is 5.88. The number of benzene rings is 1. The number of amides is 1. The predicted molar refractivity (Wildman–Crippen MR) is 136 cm³/mol. The number of aliphatic hydroxyl groups excluding tert-OH is 1. The molecular formula is C27H34N2O11. The van der Waals surface area contributed by atoms with Gasteiger partial charge < -0.3 is 45.3 Å². The van der Waals surface area contributed by atoms with Crippen LogP contribution in [0, 0.1) is 0 Å². The molecule has 7 atom stereocenters. The smallest absolute Gasteiger partial charge is 0.340 e. The number of esters is 2. The van der Waals surface area contributed by atoms with Gasteiger partial charge in [-0.25, -0.2) is 4.79 Å². The number of aliphatic hydroxyl groups is 2. The van der Waals surface area contributed by atoms with E-state index in [-0.39, 0.29) is 29.7 Å². The second kappa shape index (κ2) is 10.7. The molecule has 0 bridgehead atoms. The molecule has 0 saturated heterocycles. The Balaban J connectivity index is 1.49. The first kappa shape index (κ1) is 29.3. The molecule has 13 heteroatoms.